The maximum Gasteiger partial charge on any atom is 0.273 e. The van der Waals surface area contributed by atoms with Gasteiger partial charge in [0, 0.05) is 18.9 Å². The predicted octanol–water partition coefficient (Wildman–Crippen LogP) is 0.691. The summed E-state index contributed by atoms with van der Waals surface area (Å²) < 4.78 is 4.98. The summed E-state index contributed by atoms with van der Waals surface area (Å²) in [4.78, 5) is 45.8. The van der Waals surface area contributed by atoms with Crippen LogP contribution in [0.2, 0.25) is 0 Å². The number of nitrogens with zero attached hydrogens (tertiary/aromatic N) is 2. The first kappa shape index (κ1) is 15.4. The highest BCUT2D eigenvalue weighted by Crippen LogP contribution is 2.29. The summed E-state index contributed by atoms with van der Waals surface area (Å²) >= 11 is 0. The summed E-state index contributed by atoms with van der Waals surface area (Å²) in [6, 6.07) is 3.70. The average Bonchev–Trinajstić information content (AvgIpc) is 2.79. The number of benzene rings is 1. The second-order valence-electron chi connectivity index (χ2n) is 4.56. The average molecular weight is 307 g/mol. The molecule has 9 nitrogen and oxygen atoms in total. The van der Waals surface area contributed by atoms with Crippen molar-refractivity contribution in [2.45, 2.75) is 12.8 Å². The fourth-order valence-corrected chi connectivity index (χ4v) is 2.03. The zero-order valence-electron chi connectivity index (χ0n) is 11.7. The van der Waals surface area contributed by atoms with Gasteiger partial charge in [-0.25, -0.2) is 0 Å². The number of rotatable bonds is 5. The number of carbonyl (C=O) groups excluding carboxylic acids is 3. The van der Waals surface area contributed by atoms with E-state index >= 15 is 0 Å². The standard InChI is InChI=1S/C13H13N3O6/c1-22-10-6-8(16(20)21)2-3-9(10)14-11(17)7-15-12(18)4-5-13(15)19/h2-3,6H,4-5,7H2,1H3,(H,14,17). The molecule has 3 amide bonds. The first-order chi connectivity index (χ1) is 10.4. The molecule has 0 saturated carbocycles. The van der Waals surface area contributed by atoms with E-state index in [9.17, 15) is 24.5 Å². The minimum atomic E-state index is -0.588. The lowest BCUT2D eigenvalue weighted by molar-refractivity contribution is -0.384. The smallest absolute Gasteiger partial charge is 0.273 e. The highest BCUT2D eigenvalue weighted by molar-refractivity contribution is 6.06. The molecular weight excluding hydrogens is 294 g/mol. The van der Waals surface area contributed by atoms with E-state index in [-0.39, 0.29) is 30.0 Å². The van der Waals surface area contributed by atoms with Gasteiger partial charge < -0.3 is 10.1 Å². The third kappa shape index (κ3) is 3.19. The van der Waals surface area contributed by atoms with Crippen LogP contribution in [0.5, 0.6) is 5.75 Å². The molecule has 1 aromatic carbocycles. The van der Waals surface area contributed by atoms with Crippen molar-refractivity contribution >= 4 is 29.1 Å². The van der Waals surface area contributed by atoms with Crippen LogP contribution in [0, 0.1) is 10.1 Å². The number of hydrogen-bond acceptors (Lipinski definition) is 6. The summed E-state index contributed by atoms with van der Waals surface area (Å²) in [5, 5.41) is 13.1. The van der Waals surface area contributed by atoms with E-state index in [2.05, 4.69) is 5.32 Å². The Labute approximate surface area is 125 Å². The summed E-state index contributed by atoms with van der Waals surface area (Å²) in [6.07, 6.45) is 0.208. The minimum absolute atomic E-state index is 0.104. The number of non-ortho nitro benzene ring substituents is 1. The maximum atomic E-state index is 11.9. The number of hydrogen-bond donors (Lipinski definition) is 1. The van der Waals surface area contributed by atoms with Gasteiger partial charge in [-0.05, 0) is 6.07 Å². The molecule has 1 aliphatic rings. The van der Waals surface area contributed by atoms with E-state index in [0.717, 1.165) is 4.90 Å². The first-order valence-corrected chi connectivity index (χ1v) is 6.38. The van der Waals surface area contributed by atoms with E-state index in [1.54, 1.807) is 0 Å². The highest BCUT2D eigenvalue weighted by atomic mass is 16.6. The molecule has 0 aromatic heterocycles. The summed E-state index contributed by atoms with van der Waals surface area (Å²) in [7, 11) is 1.31. The first-order valence-electron chi connectivity index (χ1n) is 6.38. The Hall–Kier alpha value is -2.97. The zero-order chi connectivity index (χ0) is 16.3. The second-order valence-corrected chi connectivity index (χ2v) is 4.56. The van der Waals surface area contributed by atoms with Gasteiger partial charge in [-0.2, -0.15) is 0 Å². The molecule has 1 fully saturated rings. The van der Waals surface area contributed by atoms with Crippen LogP contribution >= 0.6 is 0 Å². The van der Waals surface area contributed by atoms with Crippen molar-refractivity contribution in [3.05, 3.63) is 28.3 Å². The molecular formula is C13H13N3O6. The lowest BCUT2D eigenvalue weighted by atomic mass is 10.2. The largest absolute Gasteiger partial charge is 0.494 e. The van der Waals surface area contributed by atoms with Gasteiger partial charge in [0.2, 0.25) is 17.7 Å². The molecule has 1 saturated heterocycles. The molecule has 0 spiro atoms. The van der Waals surface area contributed by atoms with Gasteiger partial charge in [0.1, 0.15) is 12.3 Å². The van der Waals surface area contributed by atoms with Gasteiger partial charge >= 0.3 is 0 Å². The van der Waals surface area contributed by atoms with E-state index < -0.39 is 29.2 Å². The van der Waals surface area contributed by atoms with Gasteiger partial charge in [-0.1, -0.05) is 0 Å². The normalized spacial score (nSPS) is 14.1. The number of carbonyl (C=O) groups is 3. The molecule has 2 rings (SSSR count). The second kappa shape index (κ2) is 6.20. The third-order valence-corrected chi connectivity index (χ3v) is 3.13. The molecule has 0 radical (unpaired) electrons. The summed E-state index contributed by atoms with van der Waals surface area (Å²) in [6.45, 7) is -0.391. The van der Waals surface area contributed by atoms with Crippen molar-refractivity contribution in [3.63, 3.8) is 0 Å². The molecule has 9 heteroatoms. The monoisotopic (exact) mass is 307 g/mol. The van der Waals surface area contributed by atoms with Crippen LogP contribution in [0.25, 0.3) is 0 Å². The van der Waals surface area contributed by atoms with Crippen LogP contribution in [0.1, 0.15) is 12.8 Å². The number of imide groups is 1. The van der Waals surface area contributed by atoms with Crippen molar-refractivity contribution in [2.75, 3.05) is 19.0 Å². The molecule has 0 aliphatic carbocycles. The van der Waals surface area contributed by atoms with Crippen LogP contribution in [0.3, 0.4) is 0 Å². The van der Waals surface area contributed by atoms with E-state index in [4.69, 9.17) is 4.74 Å². The quantitative estimate of drug-likeness (QED) is 0.485. The Bertz CT molecular complexity index is 641. The Morgan fingerprint density at radius 3 is 2.55 bits per heavy atom. The van der Waals surface area contributed by atoms with Crippen molar-refractivity contribution in [1.29, 1.82) is 0 Å². The maximum absolute atomic E-state index is 11.9. The molecule has 0 unspecified atom stereocenters. The van der Waals surface area contributed by atoms with Crippen molar-refractivity contribution in [3.8, 4) is 5.75 Å². The molecule has 0 atom stereocenters. The molecule has 1 aliphatic heterocycles. The lowest BCUT2D eigenvalue weighted by Gasteiger charge is -2.14. The molecule has 1 heterocycles. The molecule has 116 valence electrons. The Morgan fingerprint density at radius 2 is 2.00 bits per heavy atom. The van der Waals surface area contributed by atoms with Gasteiger partial charge in [0.15, 0.2) is 0 Å². The third-order valence-electron chi connectivity index (χ3n) is 3.13. The van der Waals surface area contributed by atoms with E-state index in [1.807, 2.05) is 0 Å². The van der Waals surface area contributed by atoms with Gasteiger partial charge in [0.25, 0.3) is 5.69 Å². The summed E-state index contributed by atoms with van der Waals surface area (Å²) in [5.41, 5.74) is 0.0388. The lowest BCUT2D eigenvalue weighted by Crippen LogP contribution is -2.36. The number of anilines is 1. The van der Waals surface area contributed by atoms with E-state index in [1.165, 1.54) is 25.3 Å². The van der Waals surface area contributed by atoms with Crippen LogP contribution in [0.4, 0.5) is 11.4 Å². The van der Waals surface area contributed by atoms with Gasteiger partial charge in [-0.15, -0.1) is 0 Å². The molecule has 1 aromatic rings. The number of ether oxygens (including phenoxy) is 1. The zero-order valence-corrected chi connectivity index (χ0v) is 11.7. The number of nitro groups is 1. The van der Waals surface area contributed by atoms with Crippen molar-refractivity contribution in [1.82, 2.24) is 4.90 Å². The Balaban J connectivity index is 2.09. The van der Waals surface area contributed by atoms with Crippen LogP contribution in [-0.4, -0.2) is 41.2 Å². The van der Waals surface area contributed by atoms with Crippen LogP contribution in [-0.2, 0) is 14.4 Å². The molecule has 0 bridgehead atoms. The van der Waals surface area contributed by atoms with Crippen molar-refractivity contribution in [2.24, 2.45) is 0 Å². The van der Waals surface area contributed by atoms with Crippen LogP contribution < -0.4 is 10.1 Å². The molecule has 22 heavy (non-hydrogen) atoms. The Kier molecular flexibility index (Phi) is 4.35. The van der Waals surface area contributed by atoms with Gasteiger partial charge in [-0.3, -0.25) is 29.4 Å². The van der Waals surface area contributed by atoms with Crippen LogP contribution in [0.15, 0.2) is 18.2 Å². The predicted molar refractivity (Wildman–Crippen MR) is 74.2 cm³/mol. The number of amides is 3. The highest BCUT2D eigenvalue weighted by Gasteiger charge is 2.30. The fraction of sp³-hybridized carbons (Fsp3) is 0.308. The fourth-order valence-electron chi connectivity index (χ4n) is 2.03. The Morgan fingerprint density at radius 1 is 1.36 bits per heavy atom. The molecule has 1 N–H and O–H groups in total. The topological polar surface area (TPSA) is 119 Å². The number of nitro benzene ring substituents is 1. The number of nitrogens with one attached hydrogen (secondary N) is 1. The van der Waals surface area contributed by atoms with Crippen molar-refractivity contribution < 1.29 is 24.0 Å². The summed E-state index contributed by atoms with van der Waals surface area (Å²) in [5.74, 6) is -1.26. The number of likely N-dealkylation sites (tertiary alicyclic amines) is 1. The number of methoxy groups -OCH3 is 1. The van der Waals surface area contributed by atoms with E-state index in [0.29, 0.717) is 0 Å². The van der Waals surface area contributed by atoms with Gasteiger partial charge in [0.05, 0.1) is 23.8 Å². The SMILES string of the molecule is COc1cc([N+](=O)[O-])ccc1NC(=O)CN1C(=O)CCC1=O. The minimum Gasteiger partial charge on any atom is -0.494 e.